The summed E-state index contributed by atoms with van der Waals surface area (Å²) in [5.41, 5.74) is 0. The predicted molar refractivity (Wildman–Crippen MR) is 18.4 cm³/mol. The van der Waals surface area contributed by atoms with Crippen LogP contribution < -0.4 is 110 Å². The van der Waals surface area contributed by atoms with E-state index >= 15 is 0 Å². The van der Waals surface area contributed by atoms with E-state index in [0.29, 0.717) is 0 Å². The molecule has 10 heteroatoms. The van der Waals surface area contributed by atoms with Crippen molar-refractivity contribution in [2.45, 2.75) is 0 Å². The van der Waals surface area contributed by atoms with Gasteiger partial charge in [-0.1, -0.05) is 0 Å². The van der Waals surface area contributed by atoms with Gasteiger partial charge < -0.3 is 0 Å². The van der Waals surface area contributed by atoms with Gasteiger partial charge in [-0.2, -0.15) is 0 Å². The Morgan fingerprint density at radius 2 is 1.00 bits per heavy atom. The van der Waals surface area contributed by atoms with Gasteiger partial charge in [-0.25, -0.2) is 0 Å². The fourth-order valence-corrected chi connectivity index (χ4v) is 0. The summed E-state index contributed by atoms with van der Waals surface area (Å²) in [5.74, 6) is 0. The normalized spacial score (nSPS) is 3.00. The maximum absolute atomic E-state index is 8.58. The van der Waals surface area contributed by atoms with Crippen LogP contribution in [0.3, 0.4) is 0 Å². The van der Waals surface area contributed by atoms with Crippen LogP contribution in [0.25, 0.3) is 0 Å². The van der Waals surface area contributed by atoms with Crippen molar-refractivity contribution in [3.8, 4) is 0 Å². The van der Waals surface area contributed by atoms with Gasteiger partial charge >= 0.3 is 132 Å². The third-order valence-corrected chi connectivity index (χ3v) is 0. The fourth-order valence-electron chi connectivity index (χ4n) is 0. The molecule has 0 bridgehead atoms. The number of rotatable bonds is 0. The summed E-state index contributed by atoms with van der Waals surface area (Å²) in [7, 11) is 2.83. The zero-order chi connectivity index (χ0) is 7.58. The molecule has 0 spiro atoms. The second kappa shape index (κ2) is 39.0. The Balaban J connectivity index is -0.0000000125. The SMILES string of the molecule is N#[SiH].N#[SiH].[K+].[K+].[O]=[Ti]([O-])[O-]. The van der Waals surface area contributed by atoms with Gasteiger partial charge in [0.25, 0.3) is 0 Å². The van der Waals surface area contributed by atoms with Gasteiger partial charge in [-0.15, -0.1) is 0 Å². The van der Waals surface area contributed by atoms with Crippen LogP contribution in [0.4, 0.5) is 0 Å². The van der Waals surface area contributed by atoms with Crippen molar-refractivity contribution in [2.24, 2.45) is 0 Å². The molecule has 0 amide bonds. The van der Waals surface area contributed by atoms with Crippen LogP contribution in [-0.2, 0) is 21.9 Å². The molecule has 0 aliphatic carbocycles. The van der Waals surface area contributed by atoms with E-state index in [1.807, 2.05) is 0 Å². The van der Waals surface area contributed by atoms with Gasteiger partial charge in [0.05, 0.1) is 0 Å². The molecule has 0 rings (SSSR count). The minimum atomic E-state index is -4.08. The topological polar surface area (TPSA) is 111 Å². The van der Waals surface area contributed by atoms with Crippen molar-refractivity contribution in [1.82, 2.24) is 0 Å². The molecule has 0 radical (unpaired) electrons. The average molecular weight is 260 g/mol. The van der Waals surface area contributed by atoms with Crippen LogP contribution in [0.2, 0.25) is 0 Å². The van der Waals surface area contributed by atoms with Crippen molar-refractivity contribution < 1.29 is 132 Å². The quantitative estimate of drug-likeness (QED) is 0.401. The summed E-state index contributed by atoms with van der Waals surface area (Å²) in [6, 6.07) is 0. The molecule has 44 valence electrons. The monoisotopic (exact) mass is 260 g/mol. The molecule has 5 nitrogen and oxygen atoms in total. The van der Waals surface area contributed by atoms with Crippen molar-refractivity contribution in [2.75, 3.05) is 0 Å². The van der Waals surface area contributed by atoms with E-state index in [1.165, 1.54) is 19.8 Å². The number of hydrogen-bond donors (Lipinski definition) is 0. The first-order chi connectivity index (χ1) is 3.73. The van der Waals surface area contributed by atoms with E-state index in [2.05, 4.69) is 0 Å². The second-order valence-corrected chi connectivity index (χ2v) is 1.03. The summed E-state index contributed by atoms with van der Waals surface area (Å²) in [6.07, 6.45) is 0. The Hall–Kier alpha value is 3.56. The third kappa shape index (κ3) is 102. The van der Waals surface area contributed by atoms with E-state index in [1.54, 1.807) is 0 Å². The molecule has 0 heterocycles. The van der Waals surface area contributed by atoms with Gasteiger partial charge in [0.2, 0.25) is 0 Å². The van der Waals surface area contributed by atoms with Crippen molar-refractivity contribution in [3.05, 3.63) is 0 Å². The van der Waals surface area contributed by atoms with Crippen LogP contribution >= 0.6 is 0 Å². The zero-order valence-electron chi connectivity index (χ0n) is 5.77. The van der Waals surface area contributed by atoms with Crippen molar-refractivity contribution >= 4 is 19.8 Å². The standard InChI is InChI=1S/2K.2HNSi.3O.Ti/c;;2*1-2;;;;/h;;2*2H;;;;/q2*+1;;;;2*-1;. The van der Waals surface area contributed by atoms with E-state index in [4.69, 9.17) is 20.5 Å². The molecule has 0 saturated carbocycles. The summed E-state index contributed by atoms with van der Waals surface area (Å²) in [5, 5.41) is 0. The Bertz CT molecular complexity index is 85.0. The van der Waals surface area contributed by atoms with Gasteiger partial charge in [0.15, 0.2) is 19.8 Å². The molecule has 0 saturated heterocycles. The Morgan fingerprint density at radius 1 is 1.00 bits per heavy atom. The van der Waals surface area contributed by atoms with Gasteiger partial charge in [0, 0.05) is 0 Å². The van der Waals surface area contributed by atoms with Gasteiger partial charge in [0.1, 0.15) is 0 Å². The maximum atomic E-state index is 8.58. The van der Waals surface area contributed by atoms with Crippen LogP contribution in [-0.4, -0.2) is 19.8 Å². The summed E-state index contributed by atoms with van der Waals surface area (Å²) < 4.78 is 25.8. The molecular weight excluding hydrogens is 258 g/mol. The summed E-state index contributed by atoms with van der Waals surface area (Å²) in [4.78, 5) is 13.8. The first-order valence-electron chi connectivity index (χ1n) is 1.13. The first kappa shape index (κ1) is 29.2. The van der Waals surface area contributed by atoms with Crippen LogP contribution in [0, 0.1) is 9.77 Å². The molecular formula is H2K2N2O3Si2Ti. The Kier molecular flexibility index (Phi) is 114. The molecule has 0 aromatic carbocycles. The fraction of sp³-hybridized carbons (Fsp3) is 0. The molecule has 0 aliphatic heterocycles. The predicted octanol–water partition coefficient (Wildman–Crippen LogP) is -9.76. The van der Waals surface area contributed by atoms with E-state index in [0.717, 1.165) is 0 Å². The average Bonchev–Trinajstić information content (AvgIpc) is 1.75. The van der Waals surface area contributed by atoms with Crippen LogP contribution in [0.1, 0.15) is 0 Å². The Labute approximate surface area is 157 Å². The molecule has 0 atom stereocenters. The zero-order valence-corrected chi connectivity index (χ0v) is 15.9. The van der Waals surface area contributed by atoms with Gasteiger partial charge in [-0.3, -0.25) is 9.77 Å². The van der Waals surface area contributed by atoms with E-state index < -0.39 is 18.6 Å². The molecule has 10 heavy (non-hydrogen) atoms. The molecule has 0 fully saturated rings. The number of hydrogen-bond acceptors (Lipinski definition) is 5. The second-order valence-electron chi connectivity index (χ2n) is 0.250. The molecule has 0 aromatic rings. The first-order valence-corrected chi connectivity index (χ1v) is 4.07. The Morgan fingerprint density at radius 3 is 1.00 bits per heavy atom. The molecule has 0 aromatic heterocycles. The third-order valence-electron chi connectivity index (χ3n) is 0. The summed E-state index contributed by atoms with van der Waals surface area (Å²) in [6.45, 7) is 0. The van der Waals surface area contributed by atoms with Crippen molar-refractivity contribution in [1.29, 1.82) is 9.77 Å². The molecule has 0 aliphatic rings. The van der Waals surface area contributed by atoms with E-state index in [9.17, 15) is 0 Å². The minimum absolute atomic E-state index is 0. The van der Waals surface area contributed by atoms with Crippen LogP contribution in [0.5, 0.6) is 0 Å². The van der Waals surface area contributed by atoms with Gasteiger partial charge in [-0.05, 0) is 0 Å². The molecule has 0 unspecified atom stereocenters. The number of nitrogens with zero attached hydrogens (tertiary/aromatic N) is 2. The molecule has 0 N–H and O–H groups in total. The summed E-state index contributed by atoms with van der Waals surface area (Å²) >= 11 is -4.08. The van der Waals surface area contributed by atoms with E-state index in [-0.39, 0.29) is 103 Å². The van der Waals surface area contributed by atoms with Crippen LogP contribution in [0.15, 0.2) is 0 Å². The van der Waals surface area contributed by atoms with Crippen molar-refractivity contribution in [3.63, 3.8) is 0 Å².